The van der Waals surface area contributed by atoms with Crippen LogP contribution in [-0.4, -0.2) is 25.8 Å². The van der Waals surface area contributed by atoms with Crippen LogP contribution in [0.15, 0.2) is 67.0 Å². The molecule has 150 valence electrons. The molecule has 9 heteroatoms. The van der Waals surface area contributed by atoms with E-state index >= 15 is 0 Å². The van der Waals surface area contributed by atoms with Gasteiger partial charge in [-0.25, -0.2) is 5.43 Å². The molecule has 0 atom stereocenters. The summed E-state index contributed by atoms with van der Waals surface area (Å²) in [6, 6.07) is 14.4. The second-order valence-corrected chi connectivity index (χ2v) is 7.92. The number of methoxy groups -OCH3 is 1. The van der Waals surface area contributed by atoms with E-state index in [1.54, 1.807) is 30.3 Å². The zero-order valence-corrected chi connectivity index (χ0v) is 19.0. The molecule has 0 aliphatic heterocycles. The van der Waals surface area contributed by atoms with Crippen molar-refractivity contribution in [3.05, 3.63) is 68.3 Å². The van der Waals surface area contributed by atoms with Crippen molar-refractivity contribution in [2.24, 2.45) is 5.10 Å². The second-order valence-electron chi connectivity index (χ2n) is 5.71. The fraction of sp³-hybridized carbons (Fsp3) is 0.100. The predicted octanol–water partition coefficient (Wildman–Crippen LogP) is 5.66. The Kier molecular flexibility index (Phi) is 7.35. The lowest BCUT2D eigenvalue weighted by atomic mass is 10.2. The molecule has 1 amide bonds. The molecule has 1 aromatic heterocycles. The van der Waals surface area contributed by atoms with E-state index in [9.17, 15) is 4.79 Å². The van der Waals surface area contributed by atoms with E-state index in [1.807, 2.05) is 18.2 Å². The van der Waals surface area contributed by atoms with Crippen LogP contribution in [0.2, 0.25) is 5.02 Å². The smallest absolute Gasteiger partial charge is 0.277 e. The minimum atomic E-state index is -0.428. The molecule has 0 aliphatic carbocycles. The number of nitrogens with one attached hydrogen (secondary N) is 1. The van der Waals surface area contributed by atoms with Crippen LogP contribution in [-0.2, 0) is 4.79 Å². The molecular weight excluding hydrogens is 527 g/mol. The Morgan fingerprint density at radius 1 is 1.21 bits per heavy atom. The molecule has 0 saturated carbocycles. The van der Waals surface area contributed by atoms with Crippen molar-refractivity contribution in [3.63, 3.8) is 0 Å². The van der Waals surface area contributed by atoms with E-state index in [-0.39, 0.29) is 6.61 Å². The summed E-state index contributed by atoms with van der Waals surface area (Å²) < 4.78 is 17.9. The van der Waals surface area contributed by atoms with Crippen LogP contribution < -0.4 is 14.9 Å². The third-order valence-electron chi connectivity index (χ3n) is 3.68. The Bertz CT molecular complexity index is 1040. The summed E-state index contributed by atoms with van der Waals surface area (Å²) in [5.41, 5.74) is 3.28. The topological polar surface area (TPSA) is 73.1 Å². The van der Waals surface area contributed by atoms with Gasteiger partial charge in [-0.2, -0.15) is 5.10 Å². The molecule has 0 radical (unpaired) electrons. The summed E-state index contributed by atoms with van der Waals surface area (Å²) in [5.74, 6) is 1.65. The lowest BCUT2D eigenvalue weighted by Gasteiger charge is -2.12. The molecule has 0 spiro atoms. The van der Waals surface area contributed by atoms with Crippen molar-refractivity contribution in [1.82, 2.24) is 5.43 Å². The van der Waals surface area contributed by atoms with E-state index < -0.39 is 5.91 Å². The number of hydrogen-bond donors (Lipinski definition) is 1. The van der Waals surface area contributed by atoms with Gasteiger partial charge in [0.1, 0.15) is 11.5 Å². The van der Waals surface area contributed by atoms with Gasteiger partial charge in [-0.05, 0) is 64.5 Å². The van der Waals surface area contributed by atoms with Crippen LogP contribution in [0.1, 0.15) is 5.76 Å². The summed E-state index contributed by atoms with van der Waals surface area (Å²) in [6.45, 7) is -0.234. The molecule has 2 aromatic carbocycles. The average Bonchev–Trinajstić information content (AvgIpc) is 3.16. The molecule has 1 N–H and O–H groups in total. The van der Waals surface area contributed by atoms with E-state index in [0.29, 0.717) is 32.5 Å². The van der Waals surface area contributed by atoms with Gasteiger partial charge in [-0.15, -0.1) is 0 Å². The first-order valence-electron chi connectivity index (χ1n) is 8.30. The number of hydrazone groups is 1. The second kappa shape index (κ2) is 9.96. The minimum absolute atomic E-state index is 0.234. The third-order valence-corrected chi connectivity index (χ3v) is 4.98. The molecule has 3 rings (SSSR count). The van der Waals surface area contributed by atoms with Crippen LogP contribution >= 0.6 is 43.5 Å². The molecule has 0 bridgehead atoms. The van der Waals surface area contributed by atoms with Gasteiger partial charge < -0.3 is 13.9 Å². The van der Waals surface area contributed by atoms with Gasteiger partial charge >= 0.3 is 0 Å². The van der Waals surface area contributed by atoms with Gasteiger partial charge in [0.25, 0.3) is 5.91 Å². The number of rotatable bonds is 7. The predicted molar refractivity (Wildman–Crippen MR) is 119 cm³/mol. The summed E-state index contributed by atoms with van der Waals surface area (Å²) in [7, 11) is 1.52. The first-order valence-corrected chi connectivity index (χ1v) is 10.3. The van der Waals surface area contributed by atoms with Crippen molar-refractivity contribution < 1.29 is 18.7 Å². The first kappa shape index (κ1) is 21.4. The highest BCUT2D eigenvalue weighted by atomic mass is 79.9. The van der Waals surface area contributed by atoms with Gasteiger partial charge in [0.2, 0.25) is 0 Å². The number of halogens is 3. The maximum absolute atomic E-state index is 12.0. The fourth-order valence-corrected chi connectivity index (χ4v) is 3.78. The fourth-order valence-electron chi connectivity index (χ4n) is 2.36. The summed E-state index contributed by atoms with van der Waals surface area (Å²) in [5, 5.41) is 4.54. The first-order chi connectivity index (χ1) is 14.0. The highest BCUT2D eigenvalue weighted by Crippen LogP contribution is 2.38. The number of carbonyl (C=O) groups excluding carboxylic acids is 1. The summed E-state index contributed by atoms with van der Waals surface area (Å²) >= 11 is 12.6. The monoisotopic (exact) mass is 540 g/mol. The number of benzene rings is 2. The highest BCUT2D eigenvalue weighted by molar-refractivity contribution is 9.11. The lowest BCUT2D eigenvalue weighted by molar-refractivity contribution is -0.123. The quantitative estimate of drug-likeness (QED) is 0.309. The van der Waals surface area contributed by atoms with Crippen molar-refractivity contribution in [1.29, 1.82) is 0 Å². The number of nitrogens with zero attached hydrogens (tertiary/aromatic N) is 1. The van der Waals surface area contributed by atoms with Crippen molar-refractivity contribution in [2.75, 3.05) is 13.7 Å². The number of amides is 1. The van der Waals surface area contributed by atoms with Gasteiger partial charge in [0.15, 0.2) is 18.1 Å². The molecular formula is C20H15Br2ClN2O4. The van der Waals surface area contributed by atoms with Crippen LogP contribution in [0, 0.1) is 0 Å². The zero-order valence-electron chi connectivity index (χ0n) is 15.1. The molecule has 3 aromatic rings. The largest absolute Gasteiger partial charge is 0.493 e. The number of furan rings is 1. The Morgan fingerprint density at radius 2 is 1.97 bits per heavy atom. The normalized spacial score (nSPS) is 10.9. The molecule has 6 nitrogen and oxygen atoms in total. The highest BCUT2D eigenvalue weighted by Gasteiger charge is 2.12. The van der Waals surface area contributed by atoms with Gasteiger partial charge in [0.05, 0.1) is 17.8 Å². The number of carbonyl (C=O) groups is 1. The Morgan fingerprint density at radius 3 is 2.69 bits per heavy atom. The lowest BCUT2D eigenvalue weighted by Crippen LogP contribution is -2.24. The van der Waals surface area contributed by atoms with Crippen molar-refractivity contribution in [2.45, 2.75) is 0 Å². The van der Waals surface area contributed by atoms with E-state index in [1.165, 1.54) is 13.3 Å². The molecule has 0 aliphatic rings. The van der Waals surface area contributed by atoms with Crippen LogP contribution in [0.4, 0.5) is 0 Å². The Balaban J connectivity index is 1.55. The zero-order chi connectivity index (χ0) is 20.8. The Hall–Kier alpha value is -2.29. The molecule has 0 unspecified atom stereocenters. The Labute approximate surface area is 189 Å². The molecule has 0 fully saturated rings. The summed E-state index contributed by atoms with van der Waals surface area (Å²) in [6.07, 6.45) is 1.41. The van der Waals surface area contributed by atoms with Gasteiger partial charge in [-0.3, -0.25) is 4.79 Å². The standard InChI is InChI=1S/C20H15Br2ClN2O4/c1-27-18-9-13(21)8-16(22)20(18)28-11-19(26)25-24-10-15-6-7-17(29-15)12-2-4-14(23)5-3-12/h2-10H,11H2,1H3,(H,25,26)/b24-10-. The number of ether oxygens (including phenoxy) is 2. The average molecular weight is 543 g/mol. The van der Waals surface area contributed by atoms with Crippen molar-refractivity contribution >= 4 is 55.6 Å². The molecule has 29 heavy (non-hydrogen) atoms. The van der Waals surface area contributed by atoms with E-state index in [2.05, 4.69) is 42.4 Å². The molecule has 1 heterocycles. The van der Waals surface area contributed by atoms with Crippen LogP contribution in [0.5, 0.6) is 11.5 Å². The maximum atomic E-state index is 12.0. The number of hydrogen-bond acceptors (Lipinski definition) is 5. The minimum Gasteiger partial charge on any atom is -0.493 e. The van der Waals surface area contributed by atoms with Crippen molar-refractivity contribution in [3.8, 4) is 22.8 Å². The maximum Gasteiger partial charge on any atom is 0.277 e. The van der Waals surface area contributed by atoms with Gasteiger partial charge in [0, 0.05) is 15.1 Å². The third kappa shape index (κ3) is 5.85. The molecule has 0 saturated heterocycles. The van der Waals surface area contributed by atoms with E-state index in [0.717, 1.165) is 10.0 Å². The van der Waals surface area contributed by atoms with Gasteiger partial charge in [-0.1, -0.05) is 27.5 Å². The SMILES string of the molecule is COc1cc(Br)cc(Br)c1OCC(=O)N/N=C\c1ccc(-c2ccc(Cl)cc2)o1. The summed E-state index contributed by atoms with van der Waals surface area (Å²) in [4.78, 5) is 12.0. The van der Waals surface area contributed by atoms with Crippen LogP contribution in [0.3, 0.4) is 0 Å². The van der Waals surface area contributed by atoms with E-state index in [4.69, 9.17) is 25.5 Å². The van der Waals surface area contributed by atoms with Crippen LogP contribution in [0.25, 0.3) is 11.3 Å².